The standard InChI is InChI=1S/C8H8BrClFNO/c9-5-2-6(10)4(1-7(5)11)8(12)3-13/h1-2,8,13H,3,12H2/t8-/m1/s1. The van der Waals surface area contributed by atoms with Crippen LogP contribution in [-0.2, 0) is 0 Å². The first-order valence-electron chi connectivity index (χ1n) is 3.57. The van der Waals surface area contributed by atoms with Crippen LogP contribution in [0.3, 0.4) is 0 Å². The van der Waals surface area contributed by atoms with Gasteiger partial charge in [-0.2, -0.15) is 0 Å². The number of hydrogen-bond acceptors (Lipinski definition) is 2. The Morgan fingerprint density at radius 2 is 2.23 bits per heavy atom. The van der Waals surface area contributed by atoms with Crippen molar-refractivity contribution in [2.24, 2.45) is 5.73 Å². The number of halogens is 3. The smallest absolute Gasteiger partial charge is 0.137 e. The second kappa shape index (κ2) is 4.37. The summed E-state index contributed by atoms with van der Waals surface area (Å²) in [6, 6.07) is 1.99. The molecule has 0 saturated heterocycles. The Kier molecular flexibility index (Phi) is 3.67. The molecule has 13 heavy (non-hydrogen) atoms. The molecule has 1 aromatic rings. The third kappa shape index (κ3) is 2.40. The van der Waals surface area contributed by atoms with E-state index in [1.807, 2.05) is 0 Å². The zero-order valence-corrected chi connectivity index (χ0v) is 8.94. The highest BCUT2D eigenvalue weighted by Crippen LogP contribution is 2.27. The van der Waals surface area contributed by atoms with Gasteiger partial charge in [0.15, 0.2) is 0 Å². The van der Waals surface area contributed by atoms with Crippen LogP contribution in [0.5, 0.6) is 0 Å². The number of nitrogens with two attached hydrogens (primary N) is 1. The van der Waals surface area contributed by atoms with Crippen LogP contribution in [-0.4, -0.2) is 11.7 Å². The summed E-state index contributed by atoms with van der Waals surface area (Å²) < 4.78 is 13.3. The van der Waals surface area contributed by atoms with Gasteiger partial charge in [0.25, 0.3) is 0 Å². The van der Waals surface area contributed by atoms with Crippen molar-refractivity contribution in [2.75, 3.05) is 6.61 Å². The van der Waals surface area contributed by atoms with Crippen molar-refractivity contribution in [3.05, 3.63) is 33.0 Å². The molecule has 0 aliphatic rings. The minimum Gasteiger partial charge on any atom is -0.394 e. The van der Waals surface area contributed by atoms with Gasteiger partial charge >= 0.3 is 0 Å². The molecule has 1 rings (SSSR count). The number of hydrogen-bond donors (Lipinski definition) is 2. The van der Waals surface area contributed by atoms with Crippen LogP contribution in [0.2, 0.25) is 5.02 Å². The van der Waals surface area contributed by atoms with Crippen molar-refractivity contribution < 1.29 is 9.50 Å². The number of aliphatic hydroxyl groups is 1. The number of aliphatic hydroxyl groups excluding tert-OH is 1. The first-order chi connectivity index (χ1) is 6.06. The highest BCUT2D eigenvalue weighted by atomic mass is 79.9. The van der Waals surface area contributed by atoms with Gasteiger partial charge < -0.3 is 10.8 Å². The Morgan fingerprint density at radius 3 is 2.77 bits per heavy atom. The first-order valence-corrected chi connectivity index (χ1v) is 4.74. The molecule has 0 aliphatic carbocycles. The van der Waals surface area contributed by atoms with Gasteiger partial charge in [-0.05, 0) is 33.6 Å². The lowest BCUT2D eigenvalue weighted by Crippen LogP contribution is -2.15. The van der Waals surface area contributed by atoms with Crippen LogP contribution in [0.25, 0.3) is 0 Å². The highest BCUT2D eigenvalue weighted by Gasteiger charge is 2.12. The second-order valence-electron chi connectivity index (χ2n) is 2.58. The van der Waals surface area contributed by atoms with E-state index in [1.54, 1.807) is 0 Å². The van der Waals surface area contributed by atoms with Crippen molar-refractivity contribution >= 4 is 27.5 Å². The van der Waals surface area contributed by atoms with Gasteiger partial charge in [-0.15, -0.1) is 0 Å². The van der Waals surface area contributed by atoms with E-state index in [0.29, 0.717) is 10.6 Å². The van der Waals surface area contributed by atoms with Crippen molar-refractivity contribution in [1.29, 1.82) is 0 Å². The topological polar surface area (TPSA) is 46.2 Å². The molecule has 2 nitrogen and oxygen atoms in total. The van der Waals surface area contributed by atoms with Gasteiger partial charge in [-0.25, -0.2) is 4.39 Å². The molecule has 0 fully saturated rings. The Bertz CT molecular complexity index is 321. The quantitative estimate of drug-likeness (QED) is 0.808. The summed E-state index contributed by atoms with van der Waals surface area (Å²) in [6.45, 7) is -0.263. The zero-order chi connectivity index (χ0) is 10.0. The third-order valence-corrected chi connectivity index (χ3v) is 2.57. The molecule has 72 valence electrons. The molecule has 0 spiro atoms. The van der Waals surface area contributed by atoms with Crippen molar-refractivity contribution in [2.45, 2.75) is 6.04 Å². The van der Waals surface area contributed by atoms with E-state index in [9.17, 15) is 4.39 Å². The Labute approximate surface area is 88.6 Å². The van der Waals surface area contributed by atoms with Crippen molar-refractivity contribution in [3.63, 3.8) is 0 Å². The molecule has 0 heterocycles. The summed E-state index contributed by atoms with van der Waals surface area (Å²) in [7, 11) is 0. The predicted octanol–water partition coefficient (Wildman–Crippen LogP) is 2.23. The molecule has 0 aromatic heterocycles. The lowest BCUT2D eigenvalue weighted by Gasteiger charge is -2.11. The molecular formula is C8H8BrClFNO. The molecule has 0 saturated carbocycles. The molecule has 0 bridgehead atoms. The van der Waals surface area contributed by atoms with E-state index in [1.165, 1.54) is 12.1 Å². The van der Waals surface area contributed by atoms with E-state index in [2.05, 4.69) is 15.9 Å². The summed E-state index contributed by atoms with van der Waals surface area (Å²) in [6.07, 6.45) is 0. The molecule has 1 aromatic carbocycles. The Morgan fingerprint density at radius 1 is 1.62 bits per heavy atom. The number of rotatable bonds is 2. The van der Waals surface area contributed by atoms with E-state index < -0.39 is 11.9 Å². The van der Waals surface area contributed by atoms with E-state index in [4.69, 9.17) is 22.4 Å². The van der Waals surface area contributed by atoms with Crippen LogP contribution in [0, 0.1) is 5.82 Å². The summed E-state index contributed by atoms with van der Waals surface area (Å²) in [5, 5.41) is 9.10. The predicted molar refractivity (Wildman–Crippen MR) is 53.1 cm³/mol. The summed E-state index contributed by atoms with van der Waals surface area (Å²) >= 11 is 8.78. The average Bonchev–Trinajstić information content (AvgIpc) is 2.10. The fourth-order valence-electron chi connectivity index (χ4n) is 0.920. The van der Waals surface area contributed by atoms with Gasteiger partial charge in [0, 0.05) is 5.02 Å². The molecular weight excluding hydrogens is 260 g/mol. The third-order valence-electron chi connectivity index (χ3n) is 1.64. The maximum Gasteiger partial charge on any atom is 0.137 e. The zero-order valence-electron chi connectivity index (χ0n) is 6.60. The van der Waals surface area contributed by atoms with Crippen molar-refractivity contribution in [1.82, 2.24) is 0 Å². The normalized spacial score (nSPS) is 13.0. The molecule has 1 atom stereocenters. The summed E-state index contributed by atoms with van der Waals surface area (Å²) in [4.78, 5) is 0. The van der Waals surface area contributed by atoms with Gasteiger partial charge in [-0.3, -0.25) is 0 Å². The second-order valence-corrected chi connectivity index (χ2v) is 3.84. The van der Waals surface area contributed by atoms with E-state index >= 15 is 0 Å². The fourth-order valence-corrected chi connectivity index (χ4v) is 1.70. The Hall–Kier alpha value is -0.160. The van der Waals surface area contributed by atoms with Crippen LogP contribution in [0.1, 0.15) is 11.6 Å². The minimum atomic E-state index is -0.643. The van der Waals surface area contributed by atoms with Gasteiger partial charge in [-0.1, -0.05) is 11.6 Å². The lowest BCUT2D eigenvalue weighted by molar-refractivity contribution is 0.268. The molecule has 0 unspecified atom stereocenters. The maximum absolute atomic E-state index is 13.0. The maximum atomic E-state index is 13.0. The molecule has 0 radical (unpaired) electrons. The average molecular weight is 269 g/mol. The van der Waals surface area contributed by atoms with E-state index in [-0.39, 0.29) is 11.1 Å². The molecule has 5 heteroatoms. The van der Waals surface area contributed by atoms with Crippen LogP contribution < -0.4 is 5.73 Å². The monoisotopic (exact) mass is 267 g/mol. The molecule has 0 aliphatic heterocycles. The highest BCUT2D eigenvalue weighted by molar-refractivity contribution is 9.10. The van der Waals surface area contributed by atoms with Gasteiger partial charge in [0.2, 0.25) is 0 Å². The summed E-state index contributed by atoms with van der Waals surface area (Å²) in [5.41, 5.74) is 5.90. The largest absolute Gasteiger partial charge is 0.394 e. The van der Waals surface area contributed by atoms with Gasteiger partial charge in [0.05, 0.1) is 17.1 Å². The fraction of sp³-hybridized carbons (Fsp3) is 0.250. The van der Waals surface area contributed by atoms with Crippen LogP contribution in [0.4, 0.5) is 4.39 Å². The first kappa shape index (κ1) is 10.9. The summed E-state index contributed by atoms with van der Waals surface area (Å²) in [5.74, 6) is -0.441. The van der Waals surface area contributed by atoms with Crippen LogP contribution in [0.15, 0.2) is 16.6 Å². The SMILES string of the molecule is N[C@H](CO)c1cc(F)c(Br)cc1Cl. The minimum absolute atomic E-state index is 0.263. The molecule has 0 amide bonds. The van der Waals surface area contributed by atoms with Gasteiger partial charge in [0.1, 0.15) is 5.82 Å². The lowest BCUT2D eigenvalue weighted by atomic mass is 10.1. The Balaban J connectivity index is 3.15. The number of benzene rings is 1. The van der Waals surface area contributed by atoms with Crippen molar-refractivity contribution in [3.8, 4) is 0 Å². The van der Waals surface area contributed by atoms with E-state index in [0.717, 1.165) is 0 Å². The van der Waals surface area contributed by atoms with Crippen LogP contribution >= 0.6 is 27.5 Å². The molecule has 3 N–H and O–H groups in total.